The van der Waals surface area contributed by atoms with Crippen LogP contribution in [0, 0.1) is 36.4 Å². The molecule has 0 radical (unpaired) electrons. The first-order chi connectivity index (χ1) is 51.8. The minimum absolute atomic E-state index is 0. The molecule has 5 aromatic heterocycles. The fourth-order valence-electron chi connectivity index (χ4n) is 12.6. The molecule has 0 saturated heterocycles. The number of carbonyl (C=O) groups is 4. The minimum Gasteiger partial charge on any atom is -0.319 e. The van der Waals surface area contributed by atoms with Gasteiger partial charge in [-0.1, -0.05) is 125 Å². The zero-order chi connectivity index (χ0) is 72.6. The van der Waals surface area contributed by atoms with Crippen molar-refractivity contribution < 1.29 is 59.4 Å². The third-order valence-corrected chi connectivity index (χ3v) is 18.5. The molecule has 5 heterocycles. The van der Waals surface area contributed by atoms with Gasteiger partial charge in [-0.25, -0.2) is 0 Å². The summed E-state index contributed by atoms with van der Waals surface area (Å²) in [5, 5.41) is 0. The van der Waals surface area contributed by atoms with Crippen molar-refractivity contribution in [1.82, 2.24) is 29.9 Å². The molecule has 0 aliphatic rings. The smallest absolute Gasteiger partial charge is 0.319 e. The van der Waals surface area contributed by atoms with E-state index in [0.717, 1.165) is 101 Å². The normalized spacial score (nSPS) is 10.8. The maximum absolute atomic E-state index is 14.5. The van der Waals surface area contributed by atoms with Crippen LogP contribution in [-0.2, 0) is 40.2 Å². The van der Waals surface area contributed by atoms with Gasteiger partial charge in [0.2, 0.25) is 23.6 Å². The fraction of sp³-hybridized carbons (Fsp3) is 0.0435. The maximum Gasteiger partial charge on any atom is 3.00 e. The van der Waals surface area contributed by atoms with Gasteiger partial charge in [0.05, 0.1) is 6.33 Å². The predicted octanol–water partition coefficient (Wildman–Crippen LogP) is 18.6. The van der Waals surface area contributed by atoms with Crippen LogP contribution in [0.25, 0.3) is 112 Å². The zero-order valence-electron chi connectivity index (χ0n) is 58.6. The van der Waals surface area contributed by atoms with Crippen molar-refractivity contribution in [2.75, 3.05) is 47.8 Å². The number of hydrogen-bond acceptors (Lipinski definition) is 10. The van der Waals surface area contributed by atoms with Crippen LogP contribution >= 0.6 is 0 Å². The quantitative estimate of drug-likeness (QED) is 0.0757. The molecule has 0 aliphatic carbocycles. The molecule has 0 N–H and O–H groups in total. The van der Waals surface area contributed by atoms with Gasteiger partial charge in [-0.15, -0.1) is 179 Å². The second-order valence-corrected chi connectivity index (χ2v) is 25.1. The second-order valence-electron chi connectivity index (χ2n) is 25.1. The van der Waals surface area contributed by atoms with Crippen molar-refractivity contribution in [1.29, 1.82) is 0 Å². The van der Waals surface area contributed by atoms with Crippen LogP contribution in [0.2, 0.25) is 0 Å². The molecule has 10 aromatic carbocycles. The number of amides is 4. The van der Waals surface area contributed by atoms with Gasteiger partial charge in [-0.3, -0.25) is 29.1 Å². The van der Waals surface area contributed by atoms with E-state index in [1.165, 1.54) is 6.33 Å². The van der Waals surface area contributed by atoms with Gasteiger partial charge < -0.3 is 39.5 Å². The third-order valence-electron chi connectivity index (χ3n) is 18.5. The molecule has 15 rings (SSSR count). The van der Waals surface area contributed by atoms with Crippen molar-refractivity contribution in [2.24, 2.45) is 0 Å². The number of benzene rings is 10. The molecular weight excluding hydrogens is 1690 g/mol. The van der Waals surface area contributed by atoms with E-state index in [2.05, 4.69) is 56.3 Å². The van der Waals surface area contributed by atoms with E-state index in [0.29, 0.717) is 56.4 Å². The number of nitrogens with zero attached hydrogens (tertiary/aromatic N) is 10. The van der Waals surface area contributed by atoms with Crippen LogP contribution < -0.4 is 19.6 Å². The van der Waals surface area contributed by atoms with Crippen LogP contribution in [0.4, 0.5) is 22.7 Å². The summed E-state index contributed by atoms with van der Waals surface area (Å²) < 4.78 is 0. The Morgan fingerprint density at radius 1 is 0.250 bits per heavy atom. The number of rotatable bonds is 18. The molecule has 0 atom stereocenters. The summed E-state index contributed by atoms with van der Waals surface area (Å²) >= 11 is 0. The first-order valence-electron chi connectivity index (χ1n) is 34.1. The van der Waals surface area contributed by atoms with Gasteiger partial charge >= 0.3 is 40.2 Å². The minimum atomic E-state index is -0.266. The van der Waals surface area contributed by atoms with Crippen molar-refractivity contribution in [2.45, 2.75) is 0 Å². The molecule has 0 spiro atoms. The Morgan fingerprint density at radius 2 is 0.500 bits per heavy atom. The Kier molecular flexibility index (Phi) is 22.4. The summed E-state index contributed by atoms with van der Waals surface area (Å²) in [4.78, 5) is 91.4. The Balaban J connectivity index is 0.00000514. The summed E-state index contributed by atoms with van der Waals surface area (Å²) in [5.74, 6) is -1.07. The average Bonchev–Trinajstić information content (AvgIpc) is 0.782. The Hall–Kier alpha value is -12.9. The van der Waals surface area contributed by atoms with E-state index in [4.69, 9.17) is 9.97 Å². The van der Waals surface area contributed by atoms with Crippen molar-refractivity contribution in [3.05, 3.63) is 363 Å². The standard InChI is InChI=1S/C92H62N10O4.2Ir/c1-99(89(103)69-41-33-63(34-42-69)83-21-9-13-49-93-83)75-53-73(54-76(57-75)100(2)90(104)70-43-35-64(36-44-70)84-22-10-14-50-94-84)81-19-7-5-17-79(81)61-25-29-67(30-26-61)87-59-88(98-60-97-87)68-31-27-62(28-32-68)80-18-6-8-20-82(80)74-55-77(101(3)91(105)71-45-37-65(38-46-71)85-23-11-15-51-95-85)58-78(56-74)102(4)92(106)72-47-39-66(40-48-72)86-24-12-16-52-96-86;;/h5-29,31,33,35,37,39,41-60H,1-4H3;;/q-6;2*+3. The van der Waals surface area contributed by atoms with Crippen molar-refractivity contribution >= 4 is 46.4 Å². The van der Waals surface area contributed by atoms with Crippen LogP contribution in [-0.4, -0.2) is 81.7 Å². The molecule has 108 heavy (non-hydrogen) atoms. The van der Waals surface area contributed by atoms with Crippen LogP contribution in [0.15, 0.2) is 304 Å². The predicted molar refractivity (Wildman–Crippen MR) is 417 cm³/mol. The summed E-state index contributed by atoms with van der Waals surface area (Å²) in [6.07, 6.45) is 8.42. The van der Waals surface area contributed by atoms with E-state index in [-0.39, 0.29) is 63.8 Å². The van der Waals surface area contributed by atoms with Gasteiger partial charge in [0.1, 0.15) is 0 Å². The molecule has 0 saturated carbocycles. The van der Waals surface area contributed by atoms with Gasteiger partial charge in [0.25, 0.3) is 0 Å². The molecule has 0 fully saturated rings. The van der Waals surface area contributed by atoms with Crippen LogP contribution in [0.3, 0.4) is 0 Å². The number of hydrogen-bond donors (Lipinski definition) is 0. The van der Waals surface area contributed by atoms with E-state index in [9.17, 15) is 19.2 Å². The molecular formula is C92H62Ir2N10O4. The summed E-state index contributed by atoms with van der Waals surface area (Å²) in [5.41, 5.74) is 19.6. The van der Waals surface area contributed by atoms with Crippen molar-refractivity contribution in [3.8, 4) is 112 Å². The van der Waals surface area contributed by atoms with E-state index in [1.807, 2.05) is 224 Å². The molecule has 16 heteroatoms. The Morgan fingerprint density at radius 3 is 0.741 bits per heavy atom. The van der Waals surface area contributed by atoms with Gasteiger partial charge in [-0.2, -0.15) is 0 Å². The number of aromatic nitrogens is 6. The molecule has 4 amide bonds. The van der Waals surface area contributed by atoms with Gasteiger partial charge in [0.15, 0.2) is 0 Å². The summed E-state index contributed by atoms with van der Waals surface area (Å²) in [6.45, 7) is 0. The van der Waals surface area contributed by atoms with Gasteiger partial charge in [0, 0.05) is 75.7 Å². The second kappa shape index (κ2) is 33.0. The Labute approximate surface area is 653 Å². The van der Waals surface area contributed by atoms with Crippen LogP contribution in [0.5, 0.6) is 0 Å². The third kappa shape index (κ3) is 15.9. The molecule has 0 unspecified atom stereocenters. The van der Waals surface area contributed by atoms with Crippen molar-refractivity contribution in [3.63, 3.8) is 0 Å². The average molecular weight is 1760 g/mol. The molecule has 0 aliphatic heterocycles. The number of anilines is 4. The number of pyridine rings is 4. The van der Waals surface area contributed by atoms with E-state index < -0.39 is 0 Å². The largest absolute Gasteiger partial charge is 3.00 e. The number of carbonyl (C=O) groups excluding carboxylic acids is 4. The topological polar surface area (TPSA) is 159 Å². The maximum atomic E-state index is 14.5. The first-order valence-corrected chi connectivity index (χ1v) is 34.1. The molecule has 14 nitrogen and oxygen atoms in total. The van der Waals surface area contributed by atoms with E-state index >= 15 is 0 Å². The first kappa shape index (κ1) is 73.4. The molecule has 522 valence electrons. The monoisotopic (exact) mass is 1760 g/mol. The van der Waals surface area contributed by atoms with E-state index in [1.54, 1.807) is 121 Å². The zero-order valence-corrected chi connectivity index (χ0v) is 63.4. The van der Waals surface area contributed by atoms with Crippen LogP contribution in [0.1, 0.15) is 41.4 Å². The molecule has 15 aromatic rings. The van der Waals surface area contributed by atoms with Gasteiger partial charge in [-0.05, 0) is 139 Å². The fourth-order valence-corrected chi connectivity index (χ4v) is 12.6. The summed E-state index contributed by atoms with van der Waals surface area (Å²) in [7, 11) is 6.90. The summed E-state index contributed by atoms with van der Waals surface area (Å²) in [6, 6.07) is 105. The molecule has 0 bridgehead atoms. The SMILES string of the molecule is CN(C(=O)c1c[c-]c(-c2ccccn2)cc1)c1cc(-c2ccccc2-c2c[c-]c(-c3cc(-c4[c-]cc(-c5ccccc5-c5cc(N(C)C(=O)c6c[c-]c(-c7ccccn7)cc6)cc(N(C)C(=O)c6c[c-]c(-c7ccccn7)cc6)c5)cc4)ncn3)cc2)cc(N(C)C(=O)c2c[c-]c(-c3ccccn3)cc2)c1.[Ir+3].[Ir+3]. The Bertz CT molecular complexity index is 5120.